The van der Waals surface area contributed by atoms with E-state index in [4.69, 9.17) is 18.9 Å². The molecular formula is C27H24BrNO5. The summed E-state index contributed by atoms with van der Waals surface area (Å²) >= 11 is 3.58. The fraction of sp³-hybridized carbons (Fsp3) is 0.222. The van der Waals surface area contributed by atoms with Crippen molar-refractivity contribution in [1.29, 1.82) is 0 Å². The molecule has 1 N–H and O–H groups in total. The Hall–Kier alpha value is -3.45. The van der Waals surface area contributed by atoms with E-state index >= 15 is 0 Å². The molecule has 7 heteroatoms. The van der Waals surface area contributed by atoms with E-state index in [1.165, 1.54) is 0 Å². The number of hydrogen-bond acceptors (Lipinski definition) is 5. The molecule has 0 aromatic heterocycles. The predicted octanol–water partition coefficient (Wildman–Crippen LogP) is 6.26. The highest BCUT2D eigenvalue weighted by molar-refractivity contribution is 9.10. The van der Waals surface area contributed by atoms with Crippen molar-refractivity contribution in [3.63, 3.8) is 0 Å². The largest absolute Gasteiger partial charge is 0.493 e. The second-order valence-corrected chi connectivity index (χ2v) is 9.07. The lowest BCUT2D eigenvalue weighted by molar-refractivity contribution is -0.116. The Morgan fingerprint density at radius 2 is 1.29 bits per heavy atom. The summed E-state index contributed by atoms with van der Waals surface area (Å²) in [6.07, 6.45) is 0.339. The van der Waals surface area contributed by atoms with E-state index in [2.05, 4.69) is 33.4 Å². The van der Waals surface area contributed by atoms with Gasteiger partial charge in [0, 0.05) is 22.2 Å². The number of carbonyl (C=O) groups is 1. The van der Waals surface area contributed by atoms with Crippen molar-refractivity contribution in [2.45, 2.75) is 12.3 Å². The number of fused-ring (bicyclic) bond motifs is 6. The number of halogens is 1. The fourth-order valence-corrected chi connectivity index (χ4v) is 5.31. The predicted molar refractivity (Wildman–Crippen MR) is 137 cm³/mol. The first-order chi connectivity index (χ1) is 16.5. The highest BCUT2D eigenvalue weighted by Gasteiger charge is 2.32. The van der Waals surface area contributed by atoms with E-state index in [9.17, 15) is 4.79 Å². The quantitative estimate of drug-likeness (QED) is 0.314. The molecule has 1 atom stereocenters. The van der Waals surface area contributed by atoms with Gasteiger partial charge in [0.15, 0.2) is 23.0 Å². The molecule has 0 spiro atoms. The first-order valence-electron chi connectivity index (χ1n) is 10.8. The molecule has 0 radical (unpaired) electrons. The molecule has 1 unspecified atom stereocenters. The van der Waals surface area contributed by atoms with Gasteiger partial charge < -0.3 is 24.3 Å². The lowest BCUT2D eigenvalue weighted by Gasteiger charge is -2.30. The van der Waals surface area contributed by atoms with Crippen LogP contribution in [0.25, 0.3) is 21.5 Å². The zero-order chi connectivity index (χ0) is 24.0. The Morgan fingerprint density at radius 3 is 1.85 bits per heavy atom. The van der Waals surface area contributed by atoms with Gasteiger partial charge in [0.2, 0.25) is 5.91 Å². The average Bonchev–Trinajstić information content (AvgIpc) is 2.86. The molecule has 5 rings (SSSR count). The number of benzene rings is 4. The maximum absolute atomic E-state index is 13.0. The van der Waals surface area contributed by atoms with Crippen LogP contribution in [0.15, 0.2) is 53.0 Å². The van der Waals surface area contributed by atoms with Crippen molar-refractivity contribution in [3.05, 3.63) is 64.1 Å². The summed E-state index contributed by atoms with van der Waals surface area (Å²) in [6.45, 7) is 0. The van der Waals surface area contributed by atoms with Crippen molar-refractivity contribution in [3.8, 4) is 23.0 Å². The zero-order valence-corrected chi connectivity index (χ0v) is 20.9. The van der Waals surface area contributed by atoms with Gasteiger partial charge in [-0.25, -0.2) is 0 Å². The van der Waals surface area contributed by atoms with E-state index < -0.39 is 0 Å². The molecule has 4 aromatic rings. The topological polar surface area (TPSA) is 66.0 Å². The monoisotopic (exact) mass is 521 g/mol. The van der Waals surface area contributed by atoms with Crippen molar-refractivity contribution in [2.24, 2.45) is 0 Å². The normalized spacial score (nSPS) is 15.1. The average molecular weight is 522 g/mol. The van der Waals surface area contributed by atoms with E-state index in [1.54, 1.807) is 28.4 Å². The summed E-state index contributed by atoms with van der Waals surface area (Å²) in [6, 6.07) is 15.9. The molecule has 6 nitrogen and oxygen atoms in total. The van der Waals surface area contributed by atoms with Crippen molar-refractivity contribution in [1.82, 2.24) is 0 Å². The summed E-state index contributed by atoms with van der Waals surface area (Å²) < 4.78 is 23.4. The Labute approximate surface area is 205 Å². The number of methoxy groups -OCH3 is 4. The summed E-state index contributed by atoms with van der Waals surface area (Å²) in [4.78, 5) is 13.0. The minimum Gasteiger partial charge on any atom is -0.493 e. The molecule has 1 amide bonds. The van der Waals surface area contributed by atoms with Crippen LogP contribution in [0.1, 0.15) is 23.5 Å². The van der Waals surface area contributed by atoms with Crippen LogP contribution in [0.5, 0.6) is 23.0 Å². The third-order valence-corrected chi connectivity index (χ3v) is 6.91. The van der Waals surface area contributed by atoms with E-state index in [-0.39, 0.29) is 11.8 Å². The minimum absolute atomic E-state index is 0.0339. The van der Waals surface area contributed by atoms with Gasteiger partial charge in [0.05, 0.1) is 34.1 Å². The zero-order valence-electron chi connectivity index (χ0n) is 19.3. The lowest BCUT2D eigenvalue weighted by atomic mass is 9.80. The minimum atomic E-state index is -0.139. The number of nitrogens with one attached hydrogen (secondary N) is 1. The van der Waals surface area contributed by atoms with Gasteiger partial charge in [-0.15, -0.1) is 0 Å². The van der Waals surface area contributed by atoms with Gasteiger partial charge in [0.1, 0.15) is 0 Å². The van der Waals surface area contributed by atoms with Crippen molar-refractivity contribution in [2.75, 3.05) is 33.8 Å². The molecule has 174 valence electrons. The van der Waals surface area contributed by atoms with Crippen LogP contribution >= 0.6 is 15.9 Å². The second-order valence-electron chi connectivity index (χ2n) is 8.15. The summed E-state index contributed by atoms with van der Waals surface area (Å²) in [5.74, 6) is 2.28. The third kappa shape index (κ3) is 3.51. The molecule has 4 aromatic carbocycles. The molecule has 1 aliphatic heterocycles. The Kier molecular flexibility index (Phi) is 5.73. The molecule has 0 saturated heterocycles. The first-order valence-corrected chi connectivity index (χ1v) is 11.6. The van der Waals surface area contributed by atoms with Crippen molar-refractivity contribution >= 4 is 49.1 Å². The van der Waals surface area contributed by atoms with Gasteiger partial charge in [0.25, 0.3) is 0 Å². The summed E-state index contributed by atoms with van der Waals surface area (Å²) in [5, 5.41) is 6.90. The van der Waals surface area contributed by atoms with Crippen LogP contribution < -0.4 is 24.3 Å². The molecule has 1 aliphatic rings. The first kappa shape index (κ1) is 22.3. The Morgan fingerprint density at radius 1 is 0.765 bits per heavy atom. The molecule has 0 aliphatic carbocycles. The highest BCUT2D eigenvalue weighted by atomic mass is 79.9. The van der Waals surface area contributed by atoms with Crippen LogP contribution in [0.3, 0.4) is 0 Å². The van der Waals surface area contributed by atoms with Crippen LogP contribution in [0.4, 0.5) is 5.69 Å². The number of hydrogen-bond donors (Lipinski definition) is 1. The van der Waals surface area contributed by atoms with Crippen LogP contribution in [-0.4, -0.2) is 34.3 Å². The van der Waals surface area contributed by atoms with Crippen molar-refractivity contribution < 1.29 is 23.7 Å². The molecule has 0 bridgehead atoms. The van der Waals surface area contributed by atoms with Crippen LogP contribution in [0.2, 0.25) is 0 Å². The van der Waals surface area contributed by atoms with Gasteiger partial charge >= 0.3 is 0 Å². The number of rotatable bonds is 5. The highest BCUT2D eigenvalue weighted by Crippen LogP contribution is 2.50. The Bertz CT molecular complexity index is 1450. The SMILES string of the molecule is COc1cc2c3c(c4cc(OC)c(OC)cc4c2cc1OC)C(c1cccc(Br)c1)CC(=O)N3. The molecule has 0 fully saturated rings. The maximum Gasteiger partial charge on any atom is 0.225 e. The second kappa shape index (κ2) is 8.72. The summed E-state index contributed by atoms with van der Waals surface area (Å²) in [5.41, 5.74) is 2.87. The Balaban J connectivity index is 1.97. The van der Waals surface area contributed by atoms with Gasteiger partial charge in [-0.1, -0.05) is 28.1 Å². The maximum atomic E-state index is 13.0. The molecule has 34 heavy (non-hydrogen) atoms. The molecule has 0 saturated carbocycles. The summed E-state index contributed by atoms with van der Waals surface area (Å²) in [7, 11) is 6.46. The van der Waals surface area contributed by atoms with Gasteiger partial charge in [-0.3, -0.25) is 4.79 Å². The number of ether oxygens (including phenoxy) is 4. The van der Waals surface area contributed by atoms with E-state index in [1.807, 2.05) is 36.4 Å². The lowest BCUT2D eigenvalue weighted by Crippen LogP contribution is -2.24. The molecule has 1 heterocycles. The number of anilines is 1. The van der Waals surface area contributed by atoms with Crippen LogP contribution in [0, 0.1) is 0 Å². The molecular weight excluding hydrogens is 498 g/mol. The standard InChI is InChI=1S/C27H24BrNO5/c1-31-21-9-17-18-10-22(32-2)24(34-4)12-20(18)27-26(19(17)11-23(21)33-3)16(13-25(30)29-27)14-6-5-7-15(28)8-14/h5-12,16H,13H2,1-4H3,(H,29,30). The number of amides is 1. The van der Waals surface area contributed by atoms with Gasteiger partial charge in [-0.05, 0) is 63.7 Å². The van der Waals surface area contributed by atoms with E-state index in [0.29, 0.717) is 29.4 Å². The fourth-order valence-electron chi connectivity index (χ4n) is 4.90. The smallest absolute Gasteiger partial charge is 0.225 e. The van der Waals surface area contributed by atoms with Crippen LogP contribution in [-0.2, 0) is 4.79 Å². The third-order valence-electron chi connectivity index (χ3n) is 6.42. The number of carbonyl (C=O) groups excluding carboxylic acids is 1. The van der Waals surface area contributed by atoms with Gasteiger partial charge in [-0.2, -0.15) is 0 Å². The van der Waals surface area contributed by atoms with E-state index in [0.717, 1.165) is 42.8 Å².